The summed E-state index contributed by atoms with van der Waals surface area (Å²) in [6.07, 6.45) is 3.42. The summed E-state index contributed by atoms with van der Waals surface area (Å²) in [4.78, 5) is 21.1. The average molecular weight is 171 g/mol. The van der Waals surface area contributed by atoms with Gasteiger partial charge in [0.1, 0.15) is 6.04 Å². The predicted molar refractivity (Wildman–Crippen MR) is 44.7 cm³/mol. The van der Waals surface area contributed by atoms with E-state index in [4.69, 9.17) is 10.8 Å². The molecule has 0 rings (SSSR count). The summed E-state index contributed by atoms with van der Waals surface area (Å²) in [7, 11) is 0. The van der Waals surface area contributed by atoms with Crippen molar-refractivity contribution in [2.24, 2.45) is 5.73 Å². The molecule has 12 heavy (non-hydrogen) atoms. The average Bonchev–Trinajstić information content (AvgIpc) is 2.00. The molecule has 0 aromatic heterocycles. The lowest BCUT2D eigenvalue weighted by Gasteiger charge is -2.02. The van der Waals surface area contributed by atoms with E-state index in [0.29, 0.717) is 0 Å². The second-order valence-electron chi connectivity index (χ2n) is 2.45. The Morgan fingerprint density at radius 2 is 2.17 bits per heavy atom. The monoisotopic (exact) mass is 171 g/mol. The van der Waals surface area contributed by atoms with Crippen LogP contribution in [-0.4, -0.2) is 22.9 Å². The highest BCUT2D eigenvalue weighted by Crippen LogP contribution is 1.96. The number of hydrogen-bond acceptors (Lipinski definition) is 3. The van der Waals surface area contributed by atoms with Crippen molar-refractivity contribution in [3.05, 3.63) is 12.2 Å². The maximum absolute atomic E-state index is 10.8. The second kappa shape index (κ2) is 5.49. The van der Waals surface area contributed by atoms with Crippen LogP contribution in [-0.2, 0) is 9.59 Å². The zero-order valence-electron chi connectivity index (χ0n) is 6.99. The van der Waals surface area contributed by atoms with Crippen LogP contribution < -0.4 is 5.73 Å². The van der Waals surface area contributed by atoms with Gasteiger partial charge in [-0.1, -0.05) is 6.08 Å². The highest BCUT2D eigenvalue weighted by Gasteiger charge is 2.11. The molecule has 0 radical (unpaired) electrons. The van der Waals surface area contributed by atoms with E-state index in [0.717, 1.165) is 0 Å². The van der Waals surface area contributed by atoms with Crippen LogP contribution in [0.1, 0.15) is 19.8 Å². The first kappa shape index (κ1) is 10.8. The number of carbonyl (C=O) groups excluding carboxylic acids is 1. The fourth-order valence-electron chi connectivity index (χ4n) is 0.690. The fourth-order valence-corrected chi connectivity index (χ4v) is 0.690. The molecule has 4 nitrogen and oxygen atoms in total. The van der Waals surface area contributed by atoms with E-state index in [1.54, 1.807) is 13.0 Å². The summed E-state index contributed by atoms with van der Waals surface area (Å²) in [6.45, 7) is 1.73. The minimum Gasteiger partial charge on any atom is -0.480 e. The Bertz CT molecular complexity index is 198. The number of allylic oxidation sites excluding steroid dienone is 2. The third-order valence-electron chi connectivity index (χ3n) is 1.37. The van der Waals surface area contributed by atoms with Crippen LogP contribution in [0.5, 0.6) is 0 Å². The Balaban J connectivity index is 3.68. The van der Waals surface area contributed by atoms with Crippen LogP contribution >= 0.6 is 0 Å². The largest absolute Gasteiger partial charge is 0.480 e. The highest BCUT2D eigenvalue weighted by atomic mass is 16.4. The van der Waals surface area contributed by atoms with Crippen molar-refractivity contribution >= 4 is 11.8 Å². The minimum atomic E-state index is -1.07. The summed E-state index contributed by atoms with van der Waals surface area (Å²) >= 11 is 0. The Kier molecular flexibility index (Phi) is 4.96. The molecule has 3 N–H and O–H groups in total. The van der Waals surface area contributed by atoms with E-state index >= 15 is 0 Å². The first-order valence-corrected chi connectivity index (χ1v) is 3.72. The van der Waals surface area contributed by atoms with Gasteiger partial charge in [0.2, 0.25) is 0 Å². The van der Waals surface area contributed by atoms with Crippen molar-refractivity contribution < 1.29 is 14.7 Å². The Morgan fingerprint density at radius 3 is 2.58 bits per heavy atom. The molecule has 4 heteroatoms. The maximum atomic E-state index is 10.8. The summed E-state index contributed by atoms with van der Waals surface area (Å²) in [5.41, 5.74) is 5.19. The molecule has 0 saturated carbocycles. The van der Waals surface area contributed by atoms with Crippen molar-refractivity contribution in [2.45, 2.75) is 25.8 Å². The molecule has 0 aliphatic heterocycles. The van der Waals surface area contributed by atoms with Crippen molar-refractivity contribution in [1.29, 1.82) is 0 Å². The van der Waals surface area contributed by atoms with Crippen molar-refractivity contribution in [2.75, 3.05) is 0 Å². The molecule has 0 aromatic rings. The van der Waals surface area contributed by atoms with Crippen LogP contribution in [0.4, 0.5) is 0 Å². The predicted octanol–water partition coefficient (Wildman–Crippen LogP) is 0.324. The highest BCUT2D eigenvalue weighted by molar-refractivity contribution is 5.89. The maximum Gasteiger partial charge on any atom is 0.320 e. The number of carboxylic acid groups (broad SMARTS) is 1. The van der Waals surface area contributed by atoms with Crippen molar-refractivity contribution in [1.82, 2.24) is 0 Å². The molecule has 68 valence electrons. The van der Waals surface area contributed by atoms with Crippen LogP contribution in [0.15, 0.2) is 12.2 Å². The van der Waals surface area contributed by atoms with E-state index in [1.165, 1.54) is 6.08 Å². The molecule has 0 saturated heterocycles. The summed E-state index contributed by atoms with van der Waals surface area (Å²) in [5.74, 6) is -1.16. The number of ketones is 1. The first-order chi connectivity index (χ1) is 5.57. The first-order valence-electron chi connectivity index (χ1n) is 3.72. The normalized spacial score (nSPS) is 13.2. The van der Waals surface area contributed by atoms with Gasteiger partial charge in [0.25, 0.3) is 0 Å². The van der Waals surface area contributed by atoms with Gasteiger partial charge in [-0.3, -0.25) is 9.59 Å². The molecule has 0 aliphatic rings. The number of carbonyl (C=O) groups is 2. The molecule has 1 unspecified atom stereocenters. The summed E-state index contributed by atoms with van der Waals surface area (Å²) in [6, 6.07) is -0.931. The van der Waals surface area contributed by atoms with Crippen LogP contribution in [0, 0.1) is 0 Å². The van der Waals surface area contributed by atoms with Crippen molar-refractivity contribution in [3.8, 4) is 0 Å². The lowest BCUT2D eigenvalue weighted by Crippen LogP contribution is -2.30. The van der Waals surface area contributed by atoms with Crippen LogP contribution in [0.25, 0.3) is 0 Å². The molecule has 1 atom stereocenters. The van der Waals surface area contributed by atoms with E-state index in [9.17, 15) is 9.59 Å². The van der Waals surface area contributed by atoms with Gasteiger partial charge in [-0.15, -0.1) is 0 Å². The van der Waals surface area contributed by atoms with Gasteiger partial charge in [0.05, 0.1) is 0 Å². The molecule has 0 spiro atoms. The Labute approximate surface area is 71.1 Å². The molecular formula is C8H13NO3. The lowest BCUT2D eigenvalue weighted by atomic mass is 10.1. The van der Waals surface area contributed by atoms with Gasteiger partial charge in [0.15, 0.2) is 5.78 Å². The van der Waals surface area contributed by atoms with Gasteiger partial charge in [0, 0.05) is 6.42 Å². The zero-order chi connectivity index (χ0) is 9.56. The van der Waals surface area contributed by atoms with E-state index in [-0.39, 0.29) is 18.6 Å². The van der Waals surface area contributed by atoms with E-state index in [2.05, 4.69) is 0 Å². The molecule has 0 aromatic carbocycles. The van der Waals surface area contributed by atoms with Gasteiger partial charge >= 0.3 is 5.97 Å². The number of aliphatic carboxylic acids is 1. The molecule has 0 heterocycles. The summed E-state index contributed by atoms with van der Waals surface area (Å²) in [5, 5.41) is 8.37. The SMILES string of the molecule is CC=CC(=O)CCC(N)C(=O)O. The molecule has 0 aliphatic carbocycles. The summed E-state index contributed by atoms with van der Waals surface area (Å²) < 4.78 is 0. The van der Waals surface area contributed by atoms with Crippen LogP contribution in [0.2, 0.25) is 0 Å². The molecular weight excluding hydrogens is 158 g/mol. The fraction of sp³-hybridized carbons (Fsp3) is 0.500. The second-order valence-corrected chi connectivity index (χ2v) is 2.45. The number of nitrogens with two attached hydrogens (primary N) is 1. The quantitative estimate of drug-likeness (QED) is 0.584. The zero-order valence-corrected chi connectivity index (χ0v) is 6.99. The topological polar surface area (TPSA) is 80.4 Å². The molecule has 0 amide bonds. The third kappa shape index (κ3) is 4.62. The van der Waals surface area contributed by atoms with Gasteiger partial charge in [-0.05, 0) is 19.4 Å². The minimum absolute atomic E-state index is 0.0887. The Hall–Kier alpha value is -1.16. The number of hydrogen-bond donors (Lipinski definition) is 2. The smallest absolute Gasteiger partial charge is 0.320 e. The van der Waals surface area contributed by atoms with E-state index < -0.39 is 12.0 Å². The lowest BCUT2D eigenvalue weighted by molar-refractivity contribution is -0.138. The standard InChI is InChI=1S/C8H13NO3/c1-2-3-6(10)4-5-7(9)8(11)12/h2-3,7H,4-5,9H2,1H3,(H,11,12). The van der Waals surface area contributed by atoms with Crippen molar-refractivity contribution in [3.63, 3.8) is 0 Å². The Morgan fingerprint density at radius 1 is 1.58 bits per heavy atom. The van der Waals surface area contributed by atoms with Gasteiger partial charge < -0.3 is 10.8 Å². The third-order valence-corrected chi connectivity index (χ3v) is 1.37. The van der Waals surface area contributed by atoms with Crippen LogP contribution in [0.3, 0.4) is 0 Å². The van der Waals surface area contributed by atoms with Gasteiger partial charge in [-0.25, -0.2) is 0 Å². The number of rotatable bonds is 5. The molecule has 0 fully saturated rings. The molecule has 0 bridgehead atoms. The van der Waals surface area contributed by atoms with Gasteiger partial charge in [-0.2, -0.15) is 0 Å². The van der Waals surface area contributed by atoms with E-state index in [1.807, 2.05) is 0 Å². The number of carboxylic acids is 1.